The third kappa shape index (κ3) is 3.53. The lowest BCUT2D eigenvalue weighted by Gasteiger charge is -2.33. The molecular weight excluding hydrogens is 364 g/mol. The second kappa shape index (κ2) is 6.67. The highest BCUT2D eigenvalue weighted by Gasteiger charge is 2.33. The maximum atomic E-state index is 11.5. The van der Waals surface area contributed by atoms with E-state index in [4.69, 9.17) is 4.74 Å². The van der Waals surface area contributed by atoms with Crippen molar-refractivity contribution in [1.82, 2.24) is 19.7 Å². The quantitative estimate of drug-likeness (QED) is 0.849. The van der Waals surface area contributed by atoms with E-state index >= 15 is 0 Å². The topological polar surface area (TPSA) is 80.5 Å². The van der Waals surface area contributed by atoms with Gasteiger partial charge in [0.25, 0.3) is 0 Å². The van der Waals surface area contributed by atoms with Crippen LogP contribution < -0.4 is 4.74 Å². The second-order valence-corrected chi connectivity index (χ2v) is 6.32. The zero-order chi connectivity index (χ0) is 16.4. The van der Waals surface area contributed by atoms with Crippen LogP contribution in [-0.2, 0) is 17.9 Å². The molecular formula is C15H17BrN4O3. The van der Waals surface area contributed by atoms with Crippen molar-refractivity contribution in [2.75, 3.05) is 13.2 Å². The lowest BCUT2D eigenvalue weighted by Crippen LogP contribution is -2.49. The predicted octanol–water partition coefficient (Wildman–Crippen LogP) is 1.70. The molecule has 1 aromatic heterocycles. The summed E-state index contributed by atoms with van der Waals surface area (Å²) in [5.41, 5.74) is 0. The number of carboxylic acids is 1. The van der Waals surface area contributed by atoms with E-state index in [9.17, 15) is 9.90 Å². The van der Waals surface area contributed by atoms with Crippen molar-refractivity contribution in [3.05, 3.63) is 40.4 Å². The Morgan fingerprint density at radius 2 is 2.30 bits per heavy atom. The monoisotopic (exact) mass is 380 g/mol. The minimum Gasteiger partial charge on any atom is -0.492 e. The van der Waals surface area contributed by atoms with Crippen LogP contribution in [0, 0.1) is 6.92 Å². The molecule has 3 rings (SSSR count). The Morgan fingerprint density at radius 3 is 3.04 bits per heavy atom. The lowest BCUT2D eigenvalue weighted by molar-refractivity contribution is -0.145. The first-order valence-corrected chi connectivity index (χ1v) is 8.08. The van der Waals surface area contributed by atoms with Crippen molar-refractivity contribution < 1.29 is 14.6 Å². The molecule has 0 aliphatic carbocycles. The Bertz CT molecular complexity index is 718. The molecule has 0 bridgehead atoms. The Kier molecular flexibility index (Phi) is 4.63. The Hall–Kier alpha value is -1.93. The lowest BCUT2D eigenvalue weighted by atomic mass is 10.2. The number of ether oxygens (including phenoxy) is 1. The number of benzene rings is 1. The van der Waals surface area contributed by atoms with Gasteiger partial charge in [0.15, 0.2) is 0 Å². The van der Waals surface area contributed by atoms with Crippen LogP contribution in [0.25, 0.3) is 0 Å². The Balaban J connectivity index is 1.65. The van der Waals surface area contributed by atoms with Crippen molar-refractivity contribution >= 4 is 21.9 Å². The van der Waals surface area contributed by atoms with E-state index in [2.05, 4.69) is 26.1 Å². The molecule has 23 heavy (non-hydrogen) atoms. The SMILES string of the molecule is Cc1nnc2n1CC(C(=O)O)N(CCOc1cccc(Br)c1)C2. The number of aromatic nitrogens is 3. The molecule has 1 aromatic carbocycles. The number of rotatable bonds is 5. The summed E-state index contributed by atoms with van der Waals surface area (Å²) < 4.78 is 8.51. The number of hydrogen-bond donors (Lipinski definition) is 1. The van der Waals surface area contributed by atoms with E-state index in [1.54, 1.807) is 0 Å². The average molecular weight is 381 g/mol. The van der Waals surface area contributed by atoms with Gasteiger partial charge < -0.3 is 14.4 Å². The van der Waals surface area contributed by atoms with Gasteiger partial charge in [-0.3, -0.25) is 9.69 Å². The fourth-order valence-corrected chi connectivity index (χ4v) is 3.04. The first-order valence-electron chi connectivity index (χ1n) is 7.28. The molecule has 0 fully saturated rings. The number of aryl methyl sites for hydroxylation is 1. The predicted molar refractivity (Wildman–Crippen MR) is 86.2 cm³/mol. The van der Waals surface area contributed by atoms with Crippen LogP contribution in [0.5, 0.6) is 5.75 Å². The van der Waals surface area contributed by atoms with Crippen molar-refractivity contribution in [1.29, 1.82) is 0 Å². The van der Waals surface area contributed by atoms with Gasteiger partial charge in [-0.25, -0.2) is 0 Å². The highest BCUT2D eigenvalue weighted by molar-refractivity contribution is 9.10. The van der Waals surface area contributed by atoms with Gasteiger partial charge in [0.1, 0.15) is 30.0 Å². The van der Waals surface area contributed by atoms with Gasteiger partial charge in [0.2, 0.25) is 0 Å². The molecule has 1 aliphatic rings. The molecule has 122 valence electrons. The van der Waals surface area contributed by atoms with Crippen LogP contribution in [0.1, 0.15) is 11.6 Å². The summed E-state index contributed by atoms with van der Waals surface area (Å²) in [7, 11) is 0. The first kappa shape index (κ1) is 15.9. The van der Waals surface area contributed by atoms with Crippen LogP contribution in [0.4, 0.5) is 0 Å². The molecule has 8 heteroatoms. The van der Waals surface area contributed by atoms with Crippen molar-refractivity contribution in [3.63, 3.8) is 0 Å². The highest BCUT2D eigenvalue weighted by Crippen LogP contribution is 2.20. The van der Waals surface area contributed by atoms with Crippen LogP contribution in [-0.4, -0.2) is 49.9 Å². The van der Waals surface area contributed by atoms with E-state index in [1.165, 1.54) is 0 Å². The molecule has 1 N–H and O–H groups in total. The summed E-state index contributed by atoms with van der Waals surface area (Å²) in [5.74, 6) is 1.45. The van der Waals surface area contributed by atoms with Gasteiger partial charge in [-0.15, -0.1) is 10.2 Å². The Labute approximate surface area is 142 Å². The smallest absolute Gasteiger partial charge is 0.322 e. The summed E-state index contributed by atoms with van der Waals surface area (Å²) in [6.45, 7) is 3.57. The molecule has 7 nitrogen and oxygen atoms in total. The van der Waals surface area contributed by atoms with Gasteiger partial charge in [0.05, 0.1) is 13.1 Å². The Morgan fingerprint density at radius 1 is 1.48 bits per heavy atom. The van der Waals surface area contributed by atoms with Gasteiger partial charge in [-0.1, -0.05) is 22.0 Å². The minimum absolute atomic E-state index is 0.361. The van der Waals surface area contributed by atoms with Gasteiger partial charge in [-0.2, -0.15) is 0 Å². The maximum Gasteiger partial charge on any atom is 0.322 e. The number of fused-ring (bicyclic) bond motifs is 1. The molecule has 1 aliphatic heterocycles. The second-order valence-electron chi connectivity index (χ2n) is 5.40. The summed E-state index contributed by atoms with van der Waals surface area (Å²) in [6, 6.07) is 6.97. The third-order valence-corrected chi connectivity index (χ3v) is 4.37. The molecule has 0 spiro atoms. The normalized spacial score (nSPS) is 17.7. The molecule has 1 atom stereocenters. The molecule has 1 unspecified atom stereocenters. The molecule has 0 saturated heterocycles. The van der Waals surface area contributed by atoms with E-state index in [1.807, 2.05) is 40.7 Å². The van der Waals surface area contributed by atoms with Crippen LogP contribution >= 0.6 is 15.9 Å². The van der Waals surface area contributed by atoms with E-state index < -0.39 is 12.0 Å². The number of carbonyl (C=O) groups is 1. The van der Waals surface area contributed by atoms with E-state index in [0.29, 0.717) is 26.2 Å². The van der Waals surface area contributed by atoms with Gasteiger partial charge >= 0.3 is 5.97 Å². The summed E-state index contributed by atoms with van der Waals surface area (Å²) in [6.07, 6.45) is 0. The average Bonchev–Trinajstić information content (AvgIpc) is 2.87. The minimum atomic E-state index is -0.841. The van der Waals surface area contributed by atoms with Crippen LogP contribution in [0.2, 0.25) is 0 Å². The standard InChI is InChI=1S/C15H17BrN4O3/c1-10-17-18-14-9-19(13(15(21)22)8-20(10)14)5-6-23-12-4-2-3-11(16)7-12/h2-4,7,13H,5-6,8-9H2,1H3,(H,21,22). The fourth-order valence-electron chi connectivity index (χ4n) is 2.67. The number of halogens is 1. The molecule has 0 amide bonds. The van der Waals surface area contributed by atoms with Crippen LogP contribution in [0.15, 0.2) is 28.7 Å². The maximum absolute atomic E-state index is 11.5. The largest absolute Gasteiger partial charge is 0.492 e. The zero-order valence-electron chi connectivity index (χ0n) is 12.6. The van der Waals surface area contributed by atoms with Crippen LogP contribution in [0.3, 0.4) is 0 Å². The van der Waals surface area contributed by atoms with Gasteiger partial charge in [0, 0.05) is 11.0 Å². The first-order chi connectivity index (χ1) is 11.0. The van der Waals surface area contributed by atoms with Gasteiger partial charge in [-0.05, 0) is 25.1 Å². The number of carboxylic acid groups (broad SMARTS) is 1. The molecule has 0 saturated carbocycles. The van der Waals surface area contributed by atoms with Crippen molar-refractivity contribution in [2.24, 2.45) is 0 Å². The summed E-state index contributed by atoms with van der Waals surface area (Å²) >= 11 is 3.39. The number of hydrogen-bond acceptors (Lipinski definition) is 5. The summed E-state index contributed by atoms with van der Waals surface area (Å²) in [4.78, 5) is 13.4. The third-order valence-electron chi connectivity index (χ3n) is 3.88. The molecule has 2 heterocycles. The summed E-state index contributed by atoms with van der Waals surface area (Å²) in [5, 5.41) is 17.6. The van der Waals surface area contributed by atoms with Crippen molar-refractivity contribution in [2.45, 2.75) is 26.1 Å². The number of nitrogens with zero attached hydrogens (tertiary/aromatic N) is 4. The zero-order valence-corrected chi connectivity index (χ0v) is 14.2. The van der Waals surface area contributed by atoms with E-state index in [-0.39, 0.29) is 0 Å². The number of aliphatic carboxylic acids is 1. The highest BCUT2D eigenvalue weighted by atomic mass is 79.9. The molecule has 0 radical (unpaired) electrons. The van der Waals surface area contributed by atoms with E-state index in [0.717, 1.165) is 21.9 Å². The molecule has 2 aromatic rings. The van der Waals surface area contributed by atoms with Crippen molar-refractivity contribution in [3.8, 4) is 5.75 Å². The fraction of sp³-hybridized carbons (Fsp3) is 0.400.